The first-order valence-electron chi connectivity index (χ1n) is 7.78. The summed E-state index contributed by atoms with van der Waals surface area (Å²) in [5, 5.41) is 2.94. The zero-order chi connectivity index (χ0) is 16.4. The van der Waals surface area contributed by atoms with E-state index in [2.05, 4.69) is 5.32 Å². The molecule has 1 N–H and O–H groups in total. The average molecular weight is 328 g/mol. The third-order valence-corrected chi connectivity index (χ3v) is 5.27. The Kier molecular flexibility index (Phi) is 4.48. The summed E-state index contributed by atoms with van der Waals surface area (Å²) >= 11 is 1.51. The Morgan fingerprint density at radius 1 is 1.30 bits per heavy atom. The van der Waals surface area contributed by atoms with E-state index < -0.39 is 0 Å². The van der Waals surface area contributed by atoms with E-state index in [1.165, 1.54) is 11.3 Å². The van der Waals surface area contributed by atoms with Crippen LogP contribution in [-0.2, 0) is 11.3 Å². The second-order valence-electron chi connectivity index (χ2n) is 5.92. The Labute approximate surface area is 140 Å². The number of anilines is 1. The summed E-state index contributed by atoms with van der Waals surface area (Å²) in [7, 11) is 0. The van der Waals surface area contributed by atoms with E-state index in [0.717, 1.165) is 39.5 Å². The van der Waals surface area contributed by atoms with E-state index >= 15 is 0 Å². The molecule has 2 heterocycles. The molecule has 1 aliphatic rings. The summed E-state index contributed by atoms with van der Waals surface area (Å²) in [5.74, 6) is 0.129. The summed E-state index contributed by atoms with van der Waals surface area (Å²) in [6.07, 6.45) is 1.58. The number of nitrogens with one attached hydrogen (secondary N) is 1. The predicted octanol–water partition coefficient (Wildman–Crippen LogP) is 3.74. The van der Waals surface area contributed by atoms with Gasteiger partial charge in [0, 0.05) is 30.1 Å². The molecule has 0 unspecified atom stereocenters. The van der Waals surface area contributed by atoms with Crippen LogP contribution in [0.1, 0.15) is 38.5 Å². The van der Waals surface area contributed by atoms with E-state index in [-0.39, 0.29) is 11.8 Å². The largest absolute Gasteiger partial charge is 0.338 e. The van der Waals surface area contributed by atoms with Crippen LogP contribution in [0.3, 0.4) is 0 Å². The highest BCUT2D eigenvalue weighted by molar-refractivity contribution is 7.14. The topological polar surface area (TPSA) is 49.4 Å². The van der Waals surface area contributed by atoms with Crippen LogP contribution < -0.4 is 5.32 Å². The van der Waals surface area contributed by atoms with Gasteiger partial charge in [0.05, 0.1) is 4.88 Å². The third kappa shape index (κ3) is 3.62. The van der Waals surface area contributed by atoms with Crippen LogP contribution in [0, 0.1) is 13.8 Å². The average Bonchev–Trinajstić information content (AvgIpc) is 3.06. The number of hydrogen-bond acceptors (Lipinski definition) is 3. The van der Waals surface area contributed by atoms with Gasteiger partial charge in [-0.25, -0.2) is 0 Å². The van der Waals surface area contributed by atoms with Gasteiger partial charge in [-0.1, -0.05) is 12.1 Å². The van der Waals surface area contributed by atoms with Crippen molar-refractivity contribution in [3.63, 3.8) is 0 Å². The summed E-state index contributed by atoms with van der Waals surface area (Å²) in [4.78, 5) is 27.8. The highest BCUT2D eigenvalue weighted by atomic mass is 32.1. The summed E-state index contributed by atoms with van der Waals surface area (Å²) in [6.45, 7) is 5.46. The normalized spacial score (nSPS) is 14.3. The Balaban J connectivity index is 1.69. The Morgan fingerprint density at radius 3 is 2.78 bits per heavy atom. The van der Waals surface area contributed by atoms with E-state index in [1.54, 1.807) is 0 Å². The molecule has 0 spiro atoms. The quantitative estimate of drug-likeness (QED) is 0.929. The van der Waals surface area contributed by atoms with Gasteiger partial charge < -0.3 is 10.2 Å². The maximum atomic E-state index is 12.3. The zero-order valence-electron chi connectivity index (χ0n) is 13.4. The van der Waals surface area contributed by atoms with Crippen LogP contribution in [0.2, 0.25) is 0 Å². The fraction of sp³-hybridized carbons (Fsp3) is 0.333. The van der Waals surface area contributed by atoms with E-state index in [9.17, 15) is 9.59 Å². The lowest BCUT2D eigenvalue weighted by Crippen LogP contribution is -2.23. The molecular formula is C18H20N2O2S. The SMILES string of the molecule is Cc1cc(C(=O)Nc2cccc(CN3CCCC3=O)c2)sc1C. The van der Waals surface area contributed by atoms with E-state index in [4.69, 9.17) is 0 Å². The van der Waals surface area contributed by atoms with Crippen LogP contribution in [0.15, 0.2) is 30.3 Å². The predicted molar refractivity (Wildman–Crippen MR) is 92.8 cm³/mol. The molecule has 2 amide bonds. The maximum absolute atomic E-state index is 12.3. The number of thiophene rings is 1. The fourth-order valence-corrected chi connectivity index (χ4v) is 3.65. The molecule has 1 saturated heterocycles. The molecule has 120 valence electrons. The molecule has 23 heavy (non-hydrogen) atoms. The number of hydrogen-bond donors (Lipinski definition) is 1. The molecule has 0 bridgehead atoms. The molecule has 0 aliphatic carbocycles. The monoisotopic (exact) mass is 328 g/mol. The molecule has 0 atom stereocenters. The van der Waals surface area contributed by atoms with Crippen molar-refractivity contribution in [1.82, 2.24) is 4.90 Å². The van der Waals surface area contributed by atoms with Crippen molar-refractivity contribution in [2.24, 2.45) is 0 Å². The van der Waals surface area contributed by atoms with Gasteiger partial charge in [-0.05, 0) is 49.6 Å². The molecule has 0 saturated carbocycles. The van der Waals surface area contributed by atoms with Gasteiger partial charge in [-0.2, -0.15) is 0 Å². The lowest BCUT2D eigenvalue weighted by molar-refractivity contribution is -0.128. The number of carbonyl (C=O) groups is 2. The number of carbonyl (C=O) groups excluding carboxylic acids is 2. The van der Waals surface area contributed by atoms with Crippen LogP contribution in [-0.4, -0.2) is 23.3 Å². The van der Waals surface area contributed by atoms with Crippen molar-refractivity contribution in [2.75, 3.05) is 11.9 Å². The molecule has 1 fully saturated rings. The molecule has 1 aliphatic heterocycles. The van der Waals surface area contributed by atoms with Crippen LogP contribution in [0.5, 0.6) is 0 Å². The molecule has 5 heteroatoms. The maximum Gasteiger partial charge on any atom is 0.265 e. The first-order valence-corrected chi connectivity index (χ1v) is 8.59. The van der Waals surface area contributed by atoms with Crippen molar-refractivity contribution < 1.29 is 9.59 Å². The molecule has 2 aromatic rings. The molecule has 1 aromatic carbocycles. The van der Waals surface area contributed by atoms with Gasteiger partial charge >= 0.3 is 0 Å². The standard InChI is InChI=1S/C18H20N2O2S/c1-12-9-16(23-13(12)2)18(22)19-15-6-3-5-14(10-15)11-20-8-4-7-17(20)21/h3,5-6,9-10H,4,7-8,11H2,1-2H3,(H,19,22). The molecule has 1 aromatic heterocycles. The van der Waals surface area contributed by atoms with Crippen LogP contribution in [0.25, 0.3) is 0 Å². The van der Waals surface area contributed by atoms with Gasteiger partial charge in [0.15, 0.2) is 0 Å². The number of benzene rings is 1. The van der Waals surface area contributed by atoms with E-state index in [1.807, 2.05) is 49.1 Å². The molecular weight excluding hydrogens is 308 g/mol. The zero-order valence-corrected chi connectivity index (χ0v) is 14.2. The van der Waals surface area contributed by atoms with Crippen LogP contribution >= 0.6 is 11.3 Å². The van der Waals surface area contributed by atoms with Crippen molar-refractivity contribution in [3.8, 4) is 0 Å². The number of aryl methyl sites for hydroxylation is 2. The summed E-state index contributed by atoms with van der Waals surface area (Å²) < 4.78 is 0. The van der Waals surface area contributed by atoms with E-state index in [0.29, 0.717) is 13.0 Å². The van der Waals surface area contributed by atoms with Gasteiger partial charge in [-0.3, -0.25) is 9.59 Å². The number of likely N-dealkylation sites (tertiary alicyclic amines) is 1. The number of amides is 2. The highest BCUT2D eigenvalue weighted by Crippen LogP contribution is 2.22. The van der Waals surface area contributed by atoms with Crippen molar-refractivity contribution in [2.45, 2.75) is 33.2 Å². The Hall–Kier alpha value is -2.14. The number of nitrogens with zero attached hydrogens (tertiary/aromatic N) is 1. The van der Waals surface area contributed by atoms with Gasteiger partial charge in [0.1, 0.15) is 0 Å². The van der Waals surface area contributed by atoms with Gasteiger partial charge in [-0.15, -0.1) is 11.3 Å². The molecule has 4 nitrogen and oxygen atoms in total. The summed E-state index contributed by atoms with van der Waals surface area (Å²) in [6, 6.07) is 9.64. The van der Waals surface area contributed by atoms with Crippen LogP contribution in [0.4, 0.5) is 5.69 Å². The van der Waals surface area contributed by atoms with Crippen molar-refractivity contribution in [3.05, 3.63) is 51.2 Å². The summed E-state index contributed by atoms with van der Waals surface area (Å²) in [5.41, 5.74) is 2.95. The van der Waals surface area contributed by atoms with Gasteiger partial charge in [0.25, 0.3) is 5.91 Å². The van der Waals surface area contributed by atoms with Crippen molar-refractivity contribution >= 4 is 28.8 Å². The smallest absolute Gasteiger partial charge is 0.265 e. The Morgan fingerprint density at radius 2 is 2.13 bits per heavy atom. The van der Waals surface area contributed by atoms with Crippen molar-refractivity contribution in [1.29, 1.82) is 0 Å². The minimum absolute atomic E-state index is 0.0828. The molecule has 0 radical (unpaired) electrons. The highest BCUT2D eigenvalue weighted by Gasteiger charge is 2.20. The minimum atomic E-state index is -0.0828. The third-order valence-electron chi connectivity index (χ3n) is 4.12. The lowest BCUT2D eigenvalue weighted by Gasteiger charge is -2.16. The second-order valence-corrected chi connectivity index (χ2v) is 7.18. The first kappa shape index (κ1) is 15.7. The Bertz CT molecular complexity index is 732. The second kappa shape index (κ2) is 6.54. The first-order chi connectivity index (χ1) is 11.0. The number of rotatable bonds is 4. The van der Waals surface area contributed by atoms with Gasteiger partial charge in [0.2, 0.25) is 5.91 Å². The minimum Gasteiger partial charge on any atom is -0.338 e. The fourth-order valence-electron chi connectivity index (χ4n) is 2.72. The lowest BCUT2D eigenvalue weighted by atomic mass is 10.2. The molecule has 3 rings (SSSR count).